The summed E-state index contributed by atoms with van der Waals surface area (Å²) in [6, 6.07) is 9.43. The number of H-pyrrole nitrogens is 1. The maximum atomic E-state index is 13.5. The Morgan fingerprint density at radius 3 is 2.12 bits per heavy atom. The summed E-state index contributed by atoms with van der Waals surface area (Å²) in [5.74, 6) is -3.45. The molecule has 0 spiro atoms. The average Bonchev–Trinajstić information content (AvgIpc) is 3.37. The van der Waals surface area contributed by atoms with Crippen molar-refractivity contribution in [2.24, 2.45) is 17.6 Å². The fraction of sp³-hybridized carbons (Fsp3) is 0.419. The zero-order valence-electron chi connectivity index (χ0n) is 24.4. The molecule has 0 bridgehead atoms. The van der Waals surface area contributed by atoms with E-state index in [9.17, 15) is 29.4 Å². The van der Waals surface area contributed by atoms with Gasteiger partial charge in [-0.05, 0) is 41.2 Å². The van der Waals surface area contributed by atoms with Crippen LogP contribution >= 0.6 is 0 Å². The number of hydrogen-bond donors (Lipinski definition) is 7. The van der Waals surface area contributed by atoms with E-state index in [4.69, 9.17) is 5.73 Å². The van der Waals surface area contributed by atoms with Crippen LogP contribution in [-0.4, -0.2) is 63.1 Å². The maximum Gasteiger partial charge on any atom is 0.326 e. The predicted molar refractivity (Wildman–Crippen MR) is 160 cm³/mol. The number of carbonyl (C=O) groups excluding carboxylic acids is 3. The highest BCUT2D eigenvalue weighted by atomic mass is 16.4. The van der Waals surface area contributed by atoms with Gasteiger partial charge in [-0.2, -0.15) is 0 Å². The van der Waals surface area contributed by atoms with Crippen molar-refractivity contribution in [2.75, 3.05) is 0 Å². The van der Waals surface area contributed by atoms with Crippen LogP contribution in [0.15, 0.2) is 54.7 Å². The van der Waals surface area contributed by atoms with Crippen LogP contribution in [0.3, 0.4) is 0 Å². The molecule has 1 heterocycles. The number of carbonyl (C=O) groups is 4. The third-order valence-corrected chi connectivity index (χ3v) is 7.53. The van der Waals surface area contributed by atoms with Crippen LogP contribution in [0.5, 0.6) is 5.75 Å². The number of carboxylic acids is 1. The number of aromatic amines is 1. The summed E-state index contributed by atoms with van der Waals surface area (Å²) in [5, 5.41) is 28.4. The molecule has 3 amide bonds. The summed E-state index contributed by atoms with van der Waals surface area (Å²) in [6.07, 6.45) is 2.50. The van der Waals surface area contributed by atoms with Crippen molar-refractivity contribution in [2.45, 2.75) is 71.1 Å². The summed E-state index contributed by atoms with van der Waals surface area (Å²) in [7, 11) is 0. The van der Waals surface area contributed by atoms with Gasteiger partial charge in [0.25, 0.3) is 0 Å². The van der Waals surface area contributed by atoms with Crippen molar-refractivity contribution in [3.63, 3.8) is 0 Å². The lowest BCUT2D eigenvalue weighted by Gasteiger charge is -2.28. The second-order valence-electron chi connectivity index (χ2n) is 11.0. The number of nitrogens with two attached hydrogens (primary N) is 1. The van der Waals surface area contributed by atoms with Gasteiger partial charge in [0, 0.05) is 29.9 Å². The van der Waals surface area contributed by atoms with Gasteiger partial charge in [0.1, 0.15) is 23.9 Å². The van der Waals surface area contributed by atoms with Crippen LogP contribution in [-0.2, 0) is 32.0 Å². The molecule has 5 atom stereocenters. The summed E-state index contributed by atoms with van der Waals surface area (Å²) < 4.78 is 0. The van der Waals surface area contributed by atoms with E-state index in [0.29, 0.717) is 12.0 Å². The van der Waals surface area contributed by atoms with Gasteiger partial charge in [-0.3, -0.25) is 14.4 Å². The van der Waals surface area contributed by atoms with Gasteiger partial charge in [0.05, 0.1) is 6.04 Å². The number of nitrogens with one attached hydrogen (secondary N) is 4. The number of aromatic nitrogens is 1. The Balaban J connectivity index is 1.78. The molecule has 3 aromatic rings. The minimum absolute atomic E-state index is 0.0386. The first-order valence-electron chi connectivity index (χ1n) is 14.1. The van der Waals surface area contributed by atoms with Crippen LogP contribution in [0, 0.1) is 11.8 Å². The Morgan fingerprint density at radius 2 is 1.50 bits per heavy atom. The largest absolute Gasteiger partial charge is 0.508 e. The van der Waals surface area contributed by atoms with E-state index in [0.717, 1.165) is 16.5 Å². The SMILES string of the molecule is CCC(C)C(N)C(=O)NC(Cc1ccc(O)cc1)C(=O)NC(C(=O)NC(Cc1c[nH]c2ccccc12)C(=O)O)C(C)C. The lowest BCUT2D eigenvalue weighted by atomic mass is 9.97. The molecule has 0 fully saturated rings. The van der Waals surface area contributed by atoms with E-state index >= 15 is 0 Å². The van der Waals surface area contributed by atoms with Crippen molar-refractivity contribution < 1.29 is 29.4 Å². The molecule has 226 valence electrons. The first-order valence-corrected chi connectivity index (χ1v) is 14.1. The molecule has 0 saturated carbocycles. The summed E-state index contributed by atoms with van der Waals surface area (Å²) in [4.78, 5) is 55.1. The molecule has 42 heavy (non-hydrogen) atoms. The third-order valence-electron chi connectivity index (χ3n) is 7.53. The minimum atomic E-state index is -1.24. The van der Waals surface area contributed by atoms with E-state index in [1.165, 1.54) is 12.1 Å². The van der Waals surface area contributed by atoms with Gasteiger partial charge in [-0.25, -0.2) is 4.79 Å². The van der Waals surface area contributed by atoms with Gasteiger partial charge in [-0.15, -0.1) is 0 Å². The summed E-state index contributed by atoms with van der Waals surface area (Å²) in [6.45, 7) is 7.21. The molecule has 11 heteroatoms. The number of amides is 3. The number of fused-ring (bicyclic) bond motifs is 1. The molecule has 0 radical (unpaired) electrons. The van der Waals surface area contributed by atoms with Crippen molar-refractivity contribution in [1.82, 2.24) is 20.9 Å². The second-order valence-corrected chi connectivity index (χ2v) is 11.0. The van der Waals surface area contributed by atoms with E-state index in [-0.39, 0.29) is 24.5 Å². The van der Waals surface area contributed by atoms with Crippen LogP contribution in [0.4, 0.5) is 0 Å². The Labute approximate surface area is 245 Å². The number of aliphatic carboxylic acids is 1. The molecular weight excluding hydrogens is 538 g/mol. The Hall–Kier alpha value is -4.38. The van der Waals surface area contributed by atoms with Crippen molar-refractivity contribution in [3.05, 3.63) is 65.9 Å². The first kappa shape index (κ1) is 32.1. The highest BCUT2D eigenvalue weighted by molar-refractivity contribution is 5.94. The summed E-state index contributed by atoms with van der Waals surface area (Å²) in [5.41, 5.74) is 8.36. The normalized spacial score (nSPS) is 14.9. The third kappa shape index (κ3) is 8.32. The molecule has 11 nitrogen and oxygen atoms in total. The van der Waals surface area contributed by atoms with Gasteiger partial charge >= 0.3 is 5.97 Å². The van der Waals surface area contributed by atoms with Crippen molar-refractivity contribution in [3.8, 4) is 5.75 Å². The van der Waals surface area contributed by atoms with Crippen LogP contribution < -0.4 is 21.7 Å². The Kier molecular flexibility index (Phi) is 11.1. The molecule has 2 aromatic carbocycles. The molecule has 0 saturated heterocycles. The smallest absolute Gasteiger partial charge is 0.326 e. The zero-order chi connectivity index (χ0) is 31.0. The monoisotopic (exact) mass is 579 g/mol. The first-order chi connectivity index (χ1) is 19.9. The fourth-order valence-electron chi connectivity index (χ4n) is 4.63. The van der Waals surface area contributed by atoms with Crippen LogP contribution in [0.25, 0.3) is 10.9 Å². The quantitative estimate of drug-likeness (QED) is 0.152. The highest BCUT2D eigenvalue weighted by Crippen LogP contribution is 2.19. The number of hydrogen-bond acceptors (Lipinski definition) is 6. The predicted octanol–water partition coefficient (Wildman–Crippen LogP) is 2.23. The Bertz CT molecular complexity index is 1390. The van der Waals surface area contributed by atoms with Gasteiger partial charge in [0.2, 0.25) is 17.7 Å². The number of benzene rings is 2. The standard InChI is InChI=1S/C31H41N5O6/c1-5-18(4)26(32)29(39)34-24(14-19-10-12-21(37)13-11-19)28(38)36-27(17(2)3)30(40)35-25(31(41)42)15-20-16-33-23-9-7-6-8-22(20)23/h6-13,16-18,24-27,33,37H,5,14-15,32H2,1-4H3,(H,34,39)(H,35,40)(H,36,38)(H,41,42). The number of phenolic OH excluding ortho intramolecular Hbond substituents is 1. The van der Waals surface area contributed by atoms with Crippen LogP contribution in [0.2, 0.25) is 0 Å². The van der Waals surface area contributed by atoms with Crippen LogP contribution in [0.1, 0.15) is 45.2 Å². The number of carboxylic acid groups (broad SMARTS) is 1. The minimum Gasteiger partial charge on any atom is -0.508 e. The van der Waals surface area contributed by atoms with E-state index < -0.39 is 53.8 Å². The molecule has 0 aliphatic carbocycles. The maximum absolute atomic E-state index is 13.5. The van der Waals surface area contributed by atoms with Crippen molar-refractivity contribution in [1.29, 1.82) is 0 Å². The number of aromatic hydroxyl groups is 1. The van der Waals surface area contributed by atoms with Gasteiger partial charge < -0.3 is 36.9 Å². The number of rotatable bonds is 14. The highest BCUT2D eigenvalue weighted by Gasteiger charge is 2.33. The van der Waals surface area contributed by atoms with Crippen molar-refractivity contribution >= 4 is 34.6 Å². The lowest BCUT2D eigenvalue weighted by molar-refractivity contribution is -0.142. The molecule has 3 rings (SSSR count). The fourth-order valence-corrected chi connectivity index (χ4v) is 4.63. The molecule has 1 aromatic heterocycles. The average molecular weight is 580 g/mol. The zero-order valence-corrected chi connectivity index (χ0v) is 24.4. The van der Waals surface area contributed by atoms with E-state index in [1.54, 1.807) is 32.2 Å². The molecule has 0 aliphatic heterocycles. The lowest BCUT2D eigenvalue weighted by Crippen LogP contribution is -2.59. The number of para-hydroxylation sites is 1. The molecule has 5 unspecified atom stereocenters. The Morgan fingerprint density at radius 1 is 0.857 bits per heavy atom. The van der Waals surface area contributed by atoms with Gasteiger partial charge in [0.15, 0.2) is 0 Å². The molecule has 8 N–H and O–H groups in total. The topological polar surface area (TPSA) is 187 Å². The van der Waals surface area contributed by atoms with E-state index in [2.05, 4.69) is 20.9 Å². The second kappa shape index (κ2) is 14.5. The molecule has 0 aliphatic rings. The van der Waals surface area contributed by atoms with E-state index in [1.807, 2.05) is 38.1 Å². The summed E-state index contributed by atoms with van der Waals surface area (Å²) >= 11 is 0. The number of phenols is 1. The molecular formula is C31H41N5O6. The van der Waals surface area contributed by atoms with Gasteiger partial charge in [-0.1, -0.05) is 64.4 Å².